The van der Waals surface area contributed by atoms with Crippen LogP contribution >= 0.6 is 0 Å². The predicted molar refractivity (Wildman–Crippen MR) is 49.8 cm³/mol. The molecular weight excluding hydrogens is 180 g/mol. The number of benzene rings is 1. The van der Waals surface area contributed by atoms with Crippen LogP contribution in [-0.4, -0.2) is 4.92 Å². The van der Waals surface area contributed by atoms with Gasteiger partial charge in [0.05, 0.1) is 16.6 Å². The quantitative estimate of drug-likeness (QED) is 0.528. The second kappa shape index (κ2) is 3.11. The first-order chi connectivity index (χ1) is 6.70. The number of non-ortho nitro benzene ring substituents is 1. The van der Waals surface area contributed by atoms with E-state index in [1.807, 2.05) is 6.07 Å². The van der Waals surface area contributed by atoms with Gasteiger partial charge in [-0.05, 0) is 30.4 Å². The van der Waals surface area contributed by atoms with Crippen LogP contribution in [0.2, 0.25) is 0 Å². The Morgan fingerprint density at radius 1 is 1.43 bits per heavy atom. The van der Waals surface area contributed by atoms with Crippen molar-refractivity contribution >= 4 is 5.69 Å². The van der Waals surface area contributed by atoms with Gasteiger partial charge in [-0.3, -0.25) is 10.1 Å². The van der Waals surface area contributed by atoms with E-state index in [2.05, 4.69) is 0 Å². The third-order valence-corrected chi connectivity index (χ3v) is 2.33. The molecule has 0 aliphatic heterocycles. The Bertz CT molecular complexity index is 430. The Morgan fingerprint density at radius 3 is 2.64 bits per heavy atom. The Morgan fingerprint density at radius 2 is 2.14 bits per heavy atom. The maximum Gasteiger partial charge on any atom is 0.271 e. The van der Waals surface area contributed by atoms with Crippen molar-refractivity contribution in [3.05, 3.63) is 39.4 Å². The molecule has 0 N–H and O–H groups in total. The van der Waals surface area contributed by atoms with Gasteiger partial charge in [-0.2, -0.15) is 5.26 Å². The van der Waals surface area contributed by atoms with Crippen molar-refractivity contribution in [2.75, 3.05) is 0 Å². The summed E-state index contributed by atoms with van der Waals surface area (Å²) in [4.78, 5) is 10.1. The van der Waals surface area contributed by atoms with E-state index in [0.717, 1.165) is 18.4 Å². The molecule has 0 heterocycles. The fourth-order valence-electron chi connectivity index (χ4n) is 1.46. The molecule has 1 fully saturated rings. The number of rotatable bonds is 2. The second-order valence-electron chi connectivity index (χ2n) is 3.46. The summed E-state index contributed by atoms with van der Waals surface area (Å²) in [6.07, 6.45) is 2.15. The lowest BCUT2D eigenvalue weighted by molar-refractivity contribution is -0.384. The molecule has 0 atom stereocenters. The fraction of sp³-hybridized carbons (Fsp3) is 0.300. The van der Waals surface area contributed by atoms with Crippen LogP contribution in [-0.2, 0) is 0 Å². The molecule has 1 aromatic carbocycles. The number of nitro groups is 1. The summed E-state index contributed by atoms with van der Waals surface area (Å²) in [5, 5.41) is 19.3. The van der Waals surface area contributed by atoms with E-state index >= 15 is 0 Å². The number of nitrogens with zero attached hydrogens (tertiary/aromatic N) is 2. The first-order valence-electron chi connectivity index (χ1n) is 4.40. The van der Waals surface area contributed by atoms with Gasteiger partial charge >= 0.3 is 0 Å². The molecule has 1 aromatic rings. The highest BCUT2D eigenvalue weighted by Crippen LogP contribution is 2.41. The summed E-state index contributed by atoms with van der Waals surface area (Å²) in [5.74, 6) is 0.432. The van der Waals surface area contributed by atoms with Crippen LogP contribution in [0.15, 0.2) is 18.2 Å². The summed E-state index contributed by atoms with van der Waals surface area (Å²) >= 11 is 0. The van der Waals surface area contributed by atoms with Gasteiger partial charge in [0.25, 0.3) is 5.69 Å². The number of hydrogen-bond acceptors (Lipinski definition) is 3. The lowest BCUT2D eigenvalue weighted by Gasteiger charge is -1.98. The molecule has 0 bridgehead atoms. The van der Waals surface area contributed by atoms with Crippen molar-refractivity contribution in [2.24, 2.45) is 0 Å². The standard InChI is InChI=1S/C10H8N2O2/c11-6-7-3-9(8-1-2-8)5-10(4-7)12(13)14/h3-5,8H,1-2H2. The van der Waals surface area contributed by atoms with Crippen LogP contribution in [0, 0.1) is 21.4 Å². The van der Waals surface area contributed by atoms with E-state index in [9.17, 15) is 10.1 Å². The highest BCUT2D eigenvalue weighted by Gasteiger charge is 2.25. The minimum absolute atomic E-state index is 0.0194. The van der Waals surface area contributed by atoms with E-state index in [0.29, 0.717) is 11.5 Å². The number of nitro benzene ring substituents is 1. The second-order valence-corrected chi connectivity index (χ2v) is 3.46. The molecule has 1 saturated carbocycles. The maximum atomic E-state index is 10.6. The van der Waals surface area contributed by atoms with Crippen molar-refractivity contribution in [1.29, 1.82) is 5.26 Å². The van der Waals surface area contributed by atoms with Crippen molar-refractivity contribution in [2.45, 2.75) is 18.8 Å². The van der Waals surface area contributed by atoms with Gasteiger partial charge in [0, 0.05) is 12.1 Å². The van der Waals surface area contributed by atoms with E-state index in [1.54, 1.807) is 12.1 Å². The van der Waals surface area contributed by atoms with Crippen molar-refractivity contribution in [3.8, 4) is 6.07 Å². The maximum absolute atomic E-state index is 10.6. The molecule has 4 nitrogen and oxygen atoms in total. The van der Waals surface area contributed by atoms with Gasteiger partial charge in [0.15, 0.2) is 0 Å². The average Bonchev–Trinajstić information content (AvgIpc) is 3.00. The summed E-state index contributed by atoms with van der Waals surface area (Å²) < 4.78 is 0. The molecule has 0 aromatic heterocycles. The van der Waals surface area contributed by atoms with E-state index in [4.69, 9.17) is 5.26 Å². The molecule has 0 saturated heterocycles. The van der Waals surface area contributed by atoms with Gasteiger partial charge in [0.1, 0.15) is 0 Å². The van der Waals surface area contributed by atoms with Crippen molar-refractivity contribution < 1.29 is 4.92 Å². The van der Waals surface area contributed by atoms with Crippen LogP contribution in [0.4, 0.5) is 5.69 Å². The monoisotopic (exact) mass is 188 g/mol. The smallest absolute Gasteiger partial charge is 0.258 e. The van der Waals surface area contributed by atoms with Gasteiger partial charge in [-0.25, -0.2) is 0 Å². The zero-order valence-corrected chi connectivity index (χ0v) is 7.43. The Labute approximate surface area is 80.9 Å². The molecule has 14 heavy (non-hydrogen) atoms. The topological polar surface area (TPSA) is 66.9 Å². The SMILES string of the molecule is N#Cc1cc(C2CC2)cc([N+](=O)[O-])c1. The zero-order valence-electron chi connectivity index (χ0n) is 7.43. The van der Waals surface area contributed by atoms with Gasteiger partial charge < -0.3 is 0 Å². The molecule has 2 rings (SSSR count). The molecule has 4 heteroatoms. The molecular formula is C10H8N2O2. The summed E-state index contributed by atoms with van der Waals surface area (Å²) in [6.45, 7) is 0. The lowest BCUT2D eigenvalue weighted by atomic mass is 10.1. The van der Waals surface area contributed by atoms with Gasteiger partial charge in [-0.1, -0.05) is 0 Å². The highest BCUT2D eigenvalue weighted by atomic mass is 16.6. The van der Waals surface area contributed by atoms with Crippen LogP contribution in [0.5, 0.6) is 0 Å². The lowest BCUT2D eigenvalue weighted by Crippen LogP contribution is -1.91. The third-order valence-electron chi connectivity index (χ3n) is 2.33. The Balaban J connectivity index is 2.47. The molecule has 1 aliphatic rings. The van der Waals surface area contributed by atoms with Crippen LogP contribution < -0.4 is 0 Å². The highest BCUT2D eigenvalue weighted by molar-refractivity contribution is 5.46. The van der Waals surface area contributed by atoms with Gasteiger partial charge in [-0.15, -0.1) is 0 Å². The summed E-state index contributed by atoms with van der Waals surface area (Å²) in [5.41, 5.74) is 1.32. The fourth-order valence-corrected chi connectivity index (χ4v) is 1.46. The summed E-state index contributed by atoms with van der Waals surface area (Å²) in [7, 11) is 0. The minimum atomic E-state index is -0.452. The molecule has 0 spiro atoms. The largest absolute Gasteiger partial charge is 0.271 e. The van der Waals surface area contributed by atoms with Crippen LogP contribution in [0.1, 0.15) is 29.9 Å². The average molecular weight is 188 g/mol. The first-order valence-corrected chi connectivity index (χ1v) is 4.40. The first kappa shape index (κ1) is 8.70. The summed E-state index contributed by atoms with van der Waals surface area (Å²) in [6, 6.07) is 6.56. The minimum Gasteiger partial charge on any atom is -0.258 e. The molecule has 1 aliphatic carbocycles. The molecule has 70 valence electrons. The molecule has 0 amide bonds. The van der Waals surface area contributed by atoms with Crippen LogP contribution in [0.25, 0.3) is 0 Å². The van der Waals surface area contributed by atoms with Crippen LogP contribution in [0.3, 0.4) is 0 Å². The van der Waals surface area contributed by atoms with E-state index < -0.39 is 4.92 Å². The van der Waals surface area contributed by atoms with E-state index in [-0.39, 0.29) is 5.69 Å². The van der Waals surface area contributed by atoms with E-state index in [1.165, 1.54) is 6.07 Å². The third kappa shape index (κ3) is 1.57. The Hall–Kier alpha value is -1.89. The molecule has 0 radical (unpaired) electrons. The van der Waals surface area contributed by atoms with Crippen molar-refractivity contribution in [1.82, 2.24) is 0 Å². The predicted octanol–water partition coefficient (Wildman–Crippen LogP) is 2.34. The normalized spacial score (nSPS) is 14.8. The van der Waals surface area contributed by atoms with Gasteiger partial charge in [0.2, 0.25) is 0 Å². The Kier molecular flexibility index (Phi) is 1.93. The zero-order chi connectivity index (χ0) is 10.1. The van der Waals surface area contributed by atoms with Crippen molar-refractivity contribution in [3.63, 3.8) is 0 Å². The number of hydrogen-bond donors (Lipinski definition) is 0. The molecule has 0 unspecified atom stereocenters. The number of nitriles is 1.